The molecule has 2 heteroatoms. The maximum atomic E-state index is 4.13. The van der Waals surface area contributed by atoms with E-state index in [0.29, 0.717) is 0 Å². The van der Waals surface area contributed by atoms with E-state index in [1.165, 1.54) is 0 Å². The van der Waals surface area contributed by atoms with Gasteiger partial charge in [-0.15, -0.1) is 8.58 Å². The van der Waals surface area contributed by atoms with Crippen molar-refractivity contribution in [1.82, 2.24) is 4.98 Å². The second-order valence-corrected chi connectivity index (χ2v) is 2.79. The maximum Gasteiger partial charge on any atom is 0.0629 e. The summed E-state index contributed by atoms with van der Waals surface area (Å²) >= 11 is 0. The highest BCUT2D eigenvalue weighted by molar-refractivity contribution is 7.40. The van der Waals surface area contributed by atoms with Crippen LogP contribution in [0.4, 0.5) is 0 Å². The molecule has 0 N–H and O–H groups in total. The lowest BCUT2D eigenvalue weighted by molar-refractivity contribution is 1.30. The summed E-state index contributed by atoms with van der Waals surface area (Å²) in [4.78, 5) is 4.13. The highest BCUT2D eigenvalue weighted by Gasteiger charge is 1.80. The minimum Gasteiger partial charge on any atom is -0.257 e. The quantitative estimate of drug-likeness (QED) is 0.591. The number of rotatable bonds is 2. The Balaban J connectivity index is 2.67. The minimum absolute atomic E-state index is 0.863. The molecule has 1 atom stereocenters. The summed E-state index contributed by atoms with van der Waals surface area (Å²) in [6, 6.07) is 5.91. The van der Waals surface area contributed by atoms with E-state index < -0.39 is 0 Å². The zero-order valence-corrected chi connectivity index (χ0v) is 6.91. The summed E-state index contributed by atoms with van der Waals surface area (Å²) in [6.45, 7) is 2.14. The molecule has 0 bridgehead atoms. The van der Waals surface area contributed by atoms with Crippen LogP contribution >= 0.6 is 8.58 Å². The molecule has 0 saturated heterocycles. The number of hydrogen-bond acceptors (Lipinski definition) is 1. The van der Waals surface area contributed by atoms with E-state index >= 15 is 0 Å². The van der Waals surface area contributed by atoms with Gasteiger partial charge in [0.2, 0.25) is 0 Å². The van der Waals surface area contributed by atoms with Crippen molar-refractivity contribution in [3.63, 3.8) is 0 Å². The standard InChI is InChI=1S/C8H10NP/c1-10-7-5-8-4-2-3-6-9-8/h2-7,10H,1H3/b7-5-. The van der Waals surface area contributed by atoms with Crippen LogP contribution in [0.3, 0.4) is 0 Å². The van der Waals surface area contributed by atoms with Gasteiger partial charge >= 0.3 is 0 Å². The molecule has 0 aliphatic rings. The molecule has 0 fully saturated rings. The first-order chi connectivity index (χ1) is 4.93. The second-order valence-electron chi connectivity index (χ2n) is 1.88. The van der Waals surface area contributed by atoms with Crippen LogP contribution in [0.15, 0.2) is 30.2 Å². The third-order valence-corrected chi connectivity index (χ3v) is 1.61. The predicted molar refractivity (Wildman–Crippen MR) is 47.5 cm³/mol. The van der Waals surface area contributed by atoms with Gasteiger partial charge in [-0.05, 0) is 24.9 Å². The van der Waals surface area contributed by atoms with Crippen LogP contribution in [-0.2, 0) is 0 Å². The van der Waals surface area contributed by atoms with E-state index in [1.807, 2.05) is 24.3 Å². The maximum absolute atomic E-state index is 4.13. The van der Waals surface area contributed by atoms with Crippen molar-refractivity contribution in [3.8, 4) is 0 Å². The van der Waals surface area contributed by atoms with Crippen LogP contribution < -0.4 is 0 Å². The Labute approximate surface area is 63.0 Å². The monoisotopic (exact) mass is 151 g/mol. The molecule has 1 rings (SSSR count). The van der Waals surface area contributed by atoms with Gasteiger partial charge in [0.15, 0.2) is 0 Å². The van der Waals surface area contributed by atoms with Crippen molar-refractivity contribution in [2.45, 2.75) is 0 Å². The van der Waals surface area contributed by atoms with Gasteiger partial charge in [0, 0.05) is 6.20 Å². The molecule has 0 aliphatic heterocycles. The Hall–Kier alpha value is -0.680. The molecular weight excluding hydrogens is 141 g/mol. The molecule has 1 nitrogen and oxygen atoms in total. The molecule has 0 saturated carbocycles. The van der Waals surface area contributed by atoms with E-state index in [9.17, 15) is 0 Å². The Morgan fingerprint density at radius 3 is 3.00 bits per heavy atom. The Bertz CT molecular complexity index is 206. The smallest absolute Gasteiger partial charge is 0.0629 e. The molecule has 1 heterocycles. The normalized spacial score (nSPS) is 11.7. The first kappa shape index (κ1) is 7.43. The first-order valence-electron chi connectivity index (χ1n) is 3.18. The van der Waals surface area contributed by atoms with E-state index in [2.05, 4.69) is 17.5 Å². The van der Waals surface area contributed by atoms with Crippen LogP contribution in [0.25, 0.3) is 6.08 Å². The number of pyridine rings is 1. The Kier molecular flexibility index (Phi) is 3.11. The predicted octanol–water partition coefficient (Wildman–Crippen LogP) is 2.36. The lowest BCUT2D eigenvalue weighted by Crippen LogP contribution is -1.74. The van der Waals surface area contributed by atoms with E-state index in [1.54, 1.807) is 6.20 Å². The fourth-order valence-electron chi connectivity index (χ4n) is 0.643. The molecule has 0 aliphatic carbocycles. The topological polar surface area (TPSA) is 12.9 Å². The van der Waals surface area contributed by atoms with Crippen molar-refractivity contribution in [1.29, 1.82) is 0 Å². The van der Waals surface area contributed by atoms with Crippen molar-refractivity contribution in [3.05, 3.63) is 35.9 Å². The highest BCUT2D eigenvalue weighted by Crippen LogP contribution is 2.06. The summed E-state index contributed by atoms with van der Waals surface area (Å²) in [5, 5.41) is 0. The Morgan fingerprint density at radius 1 is 1.50 bits per heavy atom. The lowest BCUT2D eigenvalue weighted by atomic mass is 10.3. The molecule has 52 valence electrons. The molecule has 0 spiro atoms. The van der Waals surface area contributed by atoms with Crippen LogP contribution in [0.2, 0.25) is 0 Å². The average molecular weight is 151 g/mol. The minimum atomic E-state index is 0.863. The van der Waals surface area contributed by atoms with Gasteiger partial charge < -0.3 is 0 Å². The van der Waals surface area contributed by atoms with Gasteiger partial charge in [-0.2, -0.15) is 0 Å². The van der Waals surface area contributed by atoms with Crippen molar-refractivity contribution in [2.24, 2.45) is 0 Å². The summed E-state index contributed by atoms with van der Waals surface area (Å²) in [6.07, 6.45) is 3.84. The molecular formula is C8H10NP. The average Bonchev–Trinajstić information content (AvgIpc) is 2.03. The fraction of sp³-hybridized carbons (Fsp3) is 0.125. The van der Waals surface area contributed by atoms with Crippen molar-refractivity contribution >= 4 is 14.7 Å². The van der Waals surface area contributed by atoms with Crippen LogP contribution in [0.1, 0.15) is 5.69 Å². The van der Waals surface area contributed by atoms with Gasteiger partial charge in [0.25, 0.3) is 0 Å². The van der Waals surface area contributed by atoms with Crippen molar-refractivity contribution in [2.75, 3.05) is 6.66 Å². The Morgan fingerprint density at radius 2 is 2.40 bits per heavy atom. The molecule has 1 aromatic heterocycles. The molecule has 10 heavy (non-hydrogen) atoms. The number of hydrogen-bond donors (Lipinski definition) is 0. The second kappa shape index (κ2) is 4.19. The van der Waals surface area contributed by atoms with Gasteiger partial charge in [-0.3, -0.25) is 4.98 Å². The van der Waals surface area contributed by atoms with Gasteiger partial charge in [-0.25, -0.2) is 0 Å². The number of nitrogens with zero attached hydrogens (tertiary/aromatic N) is 1. The van der Waals surface area contributed by atoms with Crippen LogP contribution in [0.5, 0.6) is 0 Å². The van der Waals surface area contributed by atoms with E-state index in [4.69, 9.17) is 0 Å². The zero-order chi connectivity index (χ0) is 7.23. The summed E-state index contributed by atoms with van der Waals surface area (Å²) in [7, 11) is 0.863. The lowest BCUT2D eigenvalue weighted by Gasteiger charge is -1.87. The van der Waals surface area contributed by atoms with Gasteiger partial charge in [0.1, 0.15) is 0 Å². The molecule has 0 aromatic carbocycles. The third kappa shape index (κ3) is 2.28. The largest absolute Gasteiger partial charge is 0.257 e. The van der Waals surface area contributed by atoms with Gasteiger partial charge in [0.05, 0.1) is 5.69 Å². The highest BCUT2D eigenvalue weighted by atomic mass is 31.1. The summed E-state index contributed by atoms with van der Waals surface area (Å²) in [5.74, 6) is 2.13. The zero-order valence-electron chi connectivity index (χ0n) is 5.91. The molecule has 1 aromatic rings. The van der Waals surface area contributed by atoms with Crippen molar-refractivity contribution < 1.29 is 0 Å². The molecule has 0 amide bonds. The van der Waals surface area contributed by atoms with E-state index in [-0.39, 0.29) is 0 Å². The third-order valence-electron chi connectivity index (χ3n) is 1.11. The number of aromatic nitrogens is 1. The van der Waals surface area contributed by atoms with Crippen LogP contribution in [-0.4, -0.2) is 11.6 Å². The molecule has 0 radical (unpaired) electrons. The fourth-order valence-corrected chi connectivity index (χ4v) is 0.981. The first-order valence-corrected chi connectivity index (χ1v) is 4.76. The van der Waals surface area contributed by atoms with E-state index in [0.717, 1.165) is 14.3 Å². The molecule has 1 unspecified atom stereocenters. The SMILES string of the molecule is CP/C=C\c1ccccn1. The summed E-state index contributed by atoms with van der Waals surface area (Å²) in [5.41, 5.74) is 1.04. The van der Waals surface area contributed by atoms with Gasteiger partial charge in [-0.1, -0.05) is 11.9 Å². The van der Waals surface area contributed by atoms with Crippen LogP contribution in [0, 0.1) is 0 Å². The summed E-state index contributed by atoms with van der Waals surface area (Å²) < 4.78 is 0.